The van der Waals surface area contributed by atoms with Gasteiger partial charge in [0.25, 0.3) is 0 Å². The molecule has 0 bridgehead atoms. The summed E-state index contributed by atoms with van der Waals surface area (Å²) in [5, 5.41) is 12.7. The summed E-state index contributed by atoms with van der Waals surface area (Å²) in [6.45, 7) is 11.4. The second-order valence-electron chi connectivity index (χ2n) is 5.84. The maximum atomic E-state index is 9.39. The summed E-state index contributed by atoms with van der Waals surface area (Å²) in [6, 6.07) is 0. The Bertz CT molecular complexity index is 199. The van der Waals surface area contributed by atoms with Crippen molar-refractivity contribution >= 4 is 0 Å². The Labute approximate surface area is 120 Å². The van der Waals surface area contributed by atoms with Crippen LogP contribution < -0.4 is 5.32 Å². The zero-order valence-corrected chi connectivity index (χ0v) is 13.5. The Kier molecular flexibility index (Phi) is 11.6. The van der Waals surface area contributed by atoms with Crippen LogP contribution in [0.4, 0.5) is 0 Å². The van der Waals surface area contributed by atoms with Gasteiger partial charge in [-0.05, 0) is 38.6 Å². The van der Waals surface area contributed by atoms with Crippen molar-refractivity contribution in [1.29, 1.82) is 0 Å². The molecule has 2 unspecified atom stereocenters. The fourth-order valence-corrected chi connectivity index (χ4v) is 2.36. The number of aliphatic hydroxyl groups is 1. The van der Waals surface area contributed by atoms with Crippen LogP contribution in [0.3, 0.4) is 0 Å². The molecule has 0 spiro atoms. The van der Waals surface area contributed by atoms with E-state index >= 15 is 0 Å². The quantitative estimate of drug-likeness (QED) is 0.506. The van der Waals surface area contributed by atoms with Crippen LogP contribution in [0, 0.1) is 5.92 Å². The number of rotatable bonds is 13. The van der Waals surface area contributed by atoms with Crippen molar-refractivity contribution < 1.29 is 9.84 Å². The minimum Gasteiger partial charge on any atom is -0.394 e. The summed E-state index contributed by atoms with van der Waals surface area (Å²) in [4.78, 5) is 0. The monoisotopic (exact) mass is 273 g/mol. The lowest BCUT2D eigenvalue weighted by molar-refractivity contribution is 0.0810. The van der Waals surface area contributed by atoms with E-state index in [1.54, 1.807) is 0 Å². The zero-order valence-electron chi connectivity index (χ0n) is 13.5. The number of aliphatic hydroxyl groups excluding tert-OH is 1. The summed E-state index contributed by atoms with van der Waals surface area (Å²) < 4.78 is 5.79. The molecule has 0 fully saturated rings. The summed E-state index contributed by atoms with van der Waals surface area (Å²) >= 11 is 0. The molecule has 0 aliphatic rings. The van der Waals surface area contributed by atoms with Gasteiger partial charge in [0.2, 0.25) is 0 Å². The number of hydrogen-bond donors (Lipinski definition) is 2. The maximum Gasteiger partial charge on any atom is 0.0610 e. The number of likely N-dealkylation sites (N-methyl/N-ethyl adjacent to an activating group) is 1. The van der Waals surface area contributed by atoms with Crippen molar-refractivity contribution in [1.82, 2.24) is 5.32 Å². The third-order valence-corrected chi connectivity index (χ3v) is 3.87. The van der Waals surface area contributed by atoms with Gasteiger partial charge in [-0.2, -0.15) is 0 Å². The first-order chi connectivity index (χ1) is 9.11. The van der Waals surface area contributed by atoms with Crippen LogP contribution >= 0.6 is 0 Å². The Balaban J connectivity index is 3.67. The van der Waals surface area contributed by atoms with E-state index in [1.165, 1.54) is 25.7 Å². The fraction of sp³-hybridized carbons (Fsp3) is 1.00. The molecule has 116 valence electrons. The Morgan fingerprint density at radius 1 is 1.21 bits per heavy atom. The Morgan fingerprint density at radius 3 is 2.47 bits per heavy atom. The van der Waals surface area contributed by atoms with E-state index in [4.69, 9.17) is 4.74 Å². The highest BCUT2D eigenvalue weighted by Gasteiger charge is 2.20. The lowest BCUT2D eigenvalue weighted by Gasteiger charge is -2.28. The van der Waals surface area contributed by atoms with Gasteiger partial charge in [0, 0.05) is 18.8 Å². The van der Waals surface area contributed by atoms with Crippen molar-refractivity contribution in [2.24, 2.45) is 5.92 Å². The molecule has 0 aromatic carbocycles. The topological polar surface area (TPSA) is 41.5 Å². The molecule has 0 aromatic rings. The first-order valence-electron chi connectivity index (χ1n) is 8.05. The van der Waals surface area contributed by atoms with Crippen molar-refractivity contribution in [3.05, 3.63) is 0 Å². The van der Waals surface area contributed by atoms with Gasteiger partial charge in [-0.25, -0.2) is 0 Å². The molecule has 2 atom stereocenters. The third-order valence-electron chi connectivity index (χ3n) is 3.87. The lowest BCUT2D eigenvalue weighted by Crippen LogP contribution is -2.45. The normalized spacial score (nSPS) is 16.3. The van der Waals surface area contributed by atoms with Crippen LogP contribution in [0.1, 0.15) is 66.2 Å². The minimum absolute atomic E-state index is 0.148. The molecule has 0 aliphatic heterocycles. The van der Waals surface area contributed by atoms with E-state index < -0.39 is 0 Å². The van der Waals surface area contributed by atoms with Gasteiger partial charge in [0.15, 0.2) is 0 Å². The Hall–Kier alpha value is -0.120. The second kappa shape index (κ2) is 11.7. The first-order valence-corrected chi connectivity index (χ1v) is 8.05. The van der Waals surface area contributed by atoms with Gasteiger partial charge >= 0.3 is 0 Å². The molecule has 0 radical (unpaired) electrons. The van der Waals surface area contributed by atoms with Crippen LogP contribution in [-0.4, -0.2) is 37.0 Å². The van der Waals surface area contributed by atoms with Crippen molar-refractivity contribution in [2.45, 2.75) is 71.8 Å². The van der Waals surface area contributed by atoms with Crippen LogP contribution in [0.25, 0.3) is 0 Å². The molecule has 2 N–H and O–H groups in total. The van der Waals surface area contributed by atoms with E-state index in [9.17, 15) is 5.11 Å². The lowest BCUT2D eigenvalue weighted by atomic mass is 9.97. The van der Waals surface area contributed by atoms with Crippen LogP contribution in [0.15, 0.2) is 0 Å². The molecular weight excluding hydrogens is 238 g/mol. The summed E-state index contributed by atoms with van der Waals surface area (Å²) in [5.41, 5.74) is -0.148. The number of ether oxygens (including phenoxy) is 1. The van der Waals surface area contributed by atoms with Gasteiger partial charge in [-0.1, -0.05) is 40.0 Å². The number of hydrogen-bond acceptors (Lipinski definition) is 3. The van der Waals surface area contributed by atoms with Gasteiger partial charge in [-0.3, -0.25) is 0 Å². The molecule has 0 aliphatic carbocycles. The molecule has 0 saturated carbocycles. The predicted octanol–water partition coefficient (Wildman–Crippen LogP) is 3.36. The molecule has 0 amide bonds. The zero-order chi connectivity index (χ0) is 14.6. The number of nitrogens with one attached hydrogen (secondary N) is 1. The van der Waals surface area contributed by atoms with E-state index in [0.717, 1.165) is 38.5 Å². The molecular formula is C16H35NO2. The smallest absolute Gasteiger partial charge is 0.0610 e. The van der Waals surface area contributed by atoms with Gasteiger partial charge < -0.3 is 15.2 Å². The SMILES string of the molecule is CCCCC(CC)COCCCC(C)(CO)NCC. The fourth-order valence-electron chi connectivity index (χ4n) is 2.36. The molecule has 3 heteroatoms. The Morgan fingerprint density at radius 2 is 1.95 bits per heavy atom. The third kappa shape index (κ3) is 9.42. The van der Waals surface area contributed by atoms with Crippen molar-refractivity contribution in [2.75, 3.05) is 26.4 Å². The minimum atomic E-state index is -0.148. The van der Waals surface area contributed by atoms with Gasteiger partial charge in [0.05, 0.1) is 6.61 Å². The van der Waals surface area contributed by atoms with Crippen LogP contribution in [0.2, 0.25) is 0 Å². The van der Waals surface area contributed by atoms with E-state index in [0.29, 0.717) is 0 Å². The van der Waals surface area contributed by atoms with E-state index in [1.807, 2.05) is 0 Å². The highest BCUT2D eigenvalue weighted by atomic mass is 16.5. The van der Waals surface area contributed by atoms with Gasteiger partial charge in [0.1, 0.15) is 0 Å². The highest BCUT2D eigenvalue weighted by Crippen LogP contribution is 2.14. The summed E-state index contributed by atoms with van der Waals surface area (Å²) in [6.07, 6.45) is 7.06. The maximum absolute atomic E-state index is 9.39. The largest absolute Gasteiger partial charge is 0.394 e. The van der Waals surface area contributed by atoms with Crippen molar-refractivity contribution in [3.63, 3.8) is 0 Å². The predicted molar refractivity (Wildman–Crippen MR) is 82.5 cm³/mol. The molecule has 3 nitrogen and oxygen atoms in total. The first kappa shape index (κ1) is 18.9. The average Bonchev–Trinajstić information content (AvgIpc) is 2.42. The molecule has 0 aromatic heterocycles. The van der Waals surface area contributed by atoms with Gasteiger partial charge in [-0.15, -0.1) is 0 Å². The van der Waals surface area contributed by atoms with Crippen molar-refractivity contribution in [3.8, 4) is 0 Å². The average molecular weight is 273 g/mol. The molecule has 0 saturated heterocycles. The summed E-state index contributed by atoms with van der Waals surface area (Å²) in [5.74, 6) is 0.720. The van der Waals surface area contributed by atoms with Crippen LogP contribution in [0.5, 0.6) is 0 Å². The number of unbranched alkanes of at least 4 members (excludes halogenated alkanes) is 1. The molecule has 19 heavy (non-hydrogen) atoms. The second-order valence-corrected chi connectivity index (χ2v) is 5.84. The van der Waals surface area contributed by atoms with E-state index in [2.05, 4.69) is 33.0 Å². The van der Waals surface area contributed by atoms with Crippen LogP contribution in [-0.2, 0) is 4.74 Å². The molecule has 0 rings (SSSR count). The standard InChI is InChI=1S/C16H35NO2/c1-5-8-10-15(6-2)13-19-12-9-11-16(4,14-18)17-7-3/h15,17-18H,5-14H2,1-4H3. The summed E-state index contributed by atoms with van der Waals surface area (Å²) in [7, 11) is 0. The molecule has 0 heterocycles. The highest BCUT2D eigenvalue weighted by molar-refractivity contribution is 4.81. The van der Waals surface area contributed by atoms with E-state index in [-0.39, 0.29) is 12.1 Å².